The Morgan fingerprint density at radius 2 is 2.19 bits per heavy atom. The summed E-state index contributed by atoms with van der Waals surface area (Å²) in [6.45, 7) is 2.65. The van der Waals surface area contributed by atoms with Gasteiger partial charge in [-0.2, -0.15) is 0 Å². The van der Waals surface area contributed by atoms with E-state index in [1.807, 2.05) is 11.5 Å². The van der Waals surface area contributed by atoms with Crippen molar-refractivity contribution in [2.75, 3.05) is 6.61 Å². The summed E-state index contributed by atoms with van der Waals surface area (Å²) in [5.41, 5.74) is 0.503. The molecule has 2 heterocycles. The van der Waals surface area contributed by atoms with Gasteiger partial charge in [-0.25, -0.2) is 0 Å². The zero-order chi connectivity index (χ0) is 11.3. The molecule has 4 heteroatoms. The number of benzene rings is 1. The number of ether oxygens (including phenoxy) is 1. The number of aromatic nitrogens is 1. The van der Waals surface area contributed by atoms with Crippen LogP contribution < -0.4 is 5.43 Å². The predicted octanol–water partition coefficient (Wildman–Crippen LogP) is 2.36. The summed E-state index contributed by atoms with van der Waals surface area (Å²) in [4.78, 5) is 11.7. The van der Waals surface area contributed by atoms with E-state index in [4.69, 9.17) is 16.3 Å². The molecule has 1 aliphatic heterocycles. The van der Waals surface area contributed by atoms with E-state index in [9.17, 15) is 4.79 Å². The lowest BCUT2D eigenvalue weighted by molar-refractivity contribution is 0.252. The normalized spacial score (nSPS) is 23.6. The topological polar surface area (TPSA) is 34.5 Å². The molecule has 16 heavy (non-hydrogen) atoms. The van der Waals surface area contributed by atoms with Gasteiger partial charge < -0.3 is 9.30 Å². The second kappa shape index (κ2) is 3.09. The van der Waals surface area contributed by atoms with Gasteiger partial charge in [0.1, 0.15) is 0 Å². The van der Waals surface area contributed by atoms with Crippen LogP contribution >= 0.6 is 11.6 Å². The summed E-state index contributed by atoms with van der Waals surface area (Å²) in [5, 5.41) is 1.29. The smallest absolute Gasteiger partial charge is 0.189 e. The minimum absolute atomic E-state index is 0.00664. The number of hydrogen-bond donors (Lipinski definition) is 0. The fourth-order valence-corrected chi connectivity index (χ4v) is 2.05. The minimum atomic E-state index is -0.323. The minimum Gasteiger partial charge on any atom is -0.348 e. The molecule has 1 aromatic carbocycles. The molecule has 0 amide bonds. The molecule has 2 aromatic rings. The van der Waals surface area contributed by atoms with Gasteiger partial charge in [-0.05, 0) is 25.1 Å². The molecule has 0 N–H and O–H groups in total. The number of rotatable bonds is 1. The maximum Gasteiger partial charge on any atom is 0.189 e. The van der Waals surface area contributed by atoms with Crippen molar-refractivity contribution < 1.29 is 4.74 Å². The molecular weight excluding hydrogens is 226 g/mol. The van der Waals surface area contributed by atoms with Crippen LogP contribution in [0, 0.1) is 0 Å². The van der Waals surface area contributed by atoms with E-state index in [1.54, 1.807) is 30.5 Å². The van der Waals surface area contributed by atoms with Gasteiger partial charge in [0.15, 0.2) is 11.2 Å². The Morgan fingerprint density at radius 3 is 2.88 bits per heavy atom. The molecule has 1 saturated heterocycles. The third-order valence-electron chi connectivity index (χ3n) is 2.93. The van der Waals surface area contributed by atoms with E-state index in [-0.39, 0.29) is 11.2 Å². The van der Waals surface area contributed by atoms with E-state index in [0.717, 1.165) is 5.52 Å². The van der Waals surface area contributed by atoms with Crippen LogP contribution in [0.5, 0.6) is 0 Å². The monoisotopic (exact) mass is 235 g/mol. The molecule has 1 fully saturated rings. The molecule has 0 radical (unpaired) electrons. The summed E-state index contributed by atoms with van der Waals surface area (Å²) in [5.74, 6) is 0. The summed E-state index contributed by atoms with van der Waals surface area (Å²) in [6.07, 6.45) is 1.76. The molecule has 1 aliphatic rings. The van der Waals surface area contributed by atoms with Gasteiger partial charge in [0.25, 0.3) is 0 Å². The van der Waals surface area contributed by atoms with Crippen molar-refractivity contribution in [1.82, 2.24) is 4.57 Å². The molecule has 0 spiro atoms. The maximum atomic E-state index is 11.7. The first-order chi connectivity index (χ1) is 7.60. The summed E-state index contributed by atoms with van der Waals surface area (Å²) >= 11 is 5.96. The zero-order valence-electron chi connectivity index (χ0n) is 8.74. The van der Waals surface area contributed by atoms with Crippen LogP contribution in [0.15, 0.2) is 35.3 Å². The van der Waals surface area contributed by atoms with Gasteiger partial charge in [0.05, 0.1) is 12.1 Å². The summed E-state index contributed by atoms with van der Waals surface area (Å²) in [6, 6.07) is 6.84. The SMILES string of the molecule is CC1(n2ccc(=O)c3ccc(Cl)cc32)CO1. The Bertz CT molecular complexity index is 628. The van der Waals surface area contributed by atoms with Crippen molar-refractivity contribution in [3.05, 3.63) is 45.7 Å². The lowest BCUT2D eigenvalue weighted by Crippen LogP contribution is -2.18. The first kappa shape index (κ1) is 9.87. The Labute approximate surface area is 97.2 Å². The van der Waals surface area contributed by atoms with Crippen molar-refractivity contribution in [3.8, 4) is 0 Å². The van der Waals surface area contributed by atoms with Crippen molar-refractivity contribution >= 4 is 22.5 Å². The first-order valence-electron chi connectivity index (χ1n) is 5.05. The Kier molecular flexibility index (Phi) is 1.91. The van der Waals surface area contributed by atoms with Crippen LogP contribution in [-0.4, -0.2) is 11.2 Å². The van der Waals surface area contributed by atoms with E-state index < -0.39 is 0 Å². The van der Waals surface area contributed by atoms with Gasteiger partial charge in [0.2, 0.25) is 0 Å². The Hall–Kier alpha value is -1.32. The van der Waals surface area contributed by atoms with E-state index in [1.165, 1.54) is 0 Å². The highest BCUT2D eigenvalue weighted by molar-refractivity contribution is 6.31. The van der Waals surface area contributed by atoms with Crippen molar-refractivity contribution in [1.29, 1.82) is 0 Å². The first-order valence-corrected chi connectivity index (χ1v) is 5.43. The number of halogens is 1. The van der Waals surface area contributed by atoms with Gasteiger partial charge in [0, 0.05) is 22.7 Å². The molecule has 3 rings (SSSR count). The zero-order valence-corrected chi connectivity index (χ0v) is 9.49. The molecule has 1 atom stereocenters. The Morgan fingerprint density at radius 1 is 1.44 bits per heavy atom. The number of fused-ring (bicyclic) bond motifs is 1. The third kappa shape index (κ3) is 1.36. The fraction of sp³-hybridized carbons (Fsp3) is 0.250. The third-order valence-corrected chi connectivity index (χ3v) is 3.17. The number of hydrogen-bond acceptors (Lipinski definition) is 2. The maximum absolute atomic E-state index is 11.7. The van der Waals surface area contributed by atoms with Gasteiger partial charge in [-0.1, -0.05) is 11.6 Å². The van der Waals surface area contributed by atoms with E-state index in [0.29, 0.717) is 17.0 Å². The van der Waals surface area contributed by atoms with Crippen LogP contribution in [0.25, 0.3) is 10.9 Å². The fourth-order valence-electron chi connectivity index (χ4n) is 1.88. The van der Waals surface area contributed by atoms with Crippen molar-refractivity contribution in [2.24, 2.45) is 0 Å². The van der Waals surface area contributed by atoms with Crippen LogP contribution in [0.1, 0.15) is 6.92 Å². The van der Waals surface area contributed by atoms with Crippen LogP contribution in [0.3, 0.4) is 0 Å². The van der Waals surface area contributed by atoms with Crippen molar-refractivity contribution in [2.45, 2.75) is 12.6 Å². The van der Waals surface area contributed by atoms with E-state index in [2.05, 4.69) is 0 Å². The number of pyridine rings is 1. The van der Waals surface area contributed by atoms with Crippen LogP contribution in [0.2, 0.25) is 5.02 Å². The van der Waals surface area contributed by atoms with Crippen LogP contribution in [-0.2, 0) is 10.5 Å². The number of epoxide rings is 1. The van der Waals surface area contributed by atoms with Gasteiger partial charge in [-0.15, -0.1) is 0 Å². The highest BCUT2D eigenvalue weighted by atomic mass is 35.5. The molecule has 0 aliphatic carbocycles. The second-order valence-corrected chi connectivity index (χ2v) is 4.61. The van der Waals surface area contributed by atoms with Crippen molar-refractivity contribution in [3.63, 3.8) is 0 Å². The molecule has 1 aromatic heterocycles. The highest BCUT2D eigenvalue weighted by Gasteiger charge is 2.41. The standard InChI is InChI=1S/C12H10ClNO2/c1-12(7-16-12)14-5-4-11(15)9-3-2-8(13)6-10(9)14/h2-6H,7H2,1H3. The van der Waals surface area contributed by atoms with Crippen LogP contribution in [0.4, 0.5) is 0 Å². The average Bonchev–Trinajstić information content (AvgIpc) is 2.97. The summed E-state index contributed by atoms with van der Waals surface area (Å²) in [7, 11) is 0. The molecule has 0 saturated carbocycles. The number of nitrogens with zero attached hydrogens (tertiary/aromatic N) is 1. The highest BCUT2D eigenvalue weighted by Crippen LogP contribution is 2.34. The molecule has 0 bridgehead atoms. The average molecular weight is 236 g/mol. The lowest BCUT2D eigenvalue weighted by Gasteiger charge is -2.14. The Balaban J connectivity index is 2.42. The van der Waals surface area contributed by atoms with E-state index >= 15 is 0 Å². The lowest BCUT2D eigenvalue weighted by atomic mass is 10.2. The summed E-state index contributed by atoms with van der Waals surface area (Å²) < 4.78 is 7.34. The molecular formula is C12H10ClNO2. The quantitative estimate of drug-likeness (QED) is 0.712. The molecule has 3 nitrogen and oxygen atoms in total. The largest absolute Gasteiger partial charge is 0.348 e. The molecule has 82 valence electrons. The predicted molar refractivity (Wildman–Crippen MR) is 62.8 cm³/mol. The van der Waals surface area contributed by atoms with Gasteiger partial charge >= 0.3 is 0 Å². The van der Waals surface area contributed by atoms with Gasteiger partial charge in [-0.3, -0.25) is 4.79 Å². The molecule has 1 unspecified atom stereocenters. The second-order valence-electron chi connectivity index (χ2n) is 4.18.